The van der Waals surface area contributed by atoms with E-state index in [-0.39, 0.29) is 28.7 Å². The monoisotopic (exact) mass is 474 g/mol. The number of hydrogen-bond donors (Lipinski definition) is 0. The molecule has 32 heavy (non-hydrogen) atoms. The Morgan fingerprint density at radius 1 is 0.750 bits per heavy atom. The molecule has 0 spiro atoms. The number of aldehydes is 1. The van der Waals surface area contributed by atoms with Crippen molar-refractivity contribution >= 4 is 22.9 Å². The molecule has 0 aliphatic rings. The van der Waals surface area contributed by atoms with Gasteiger partial charge in [0.25, 0.3) is 0 Å². The maximum Gasteiger partial charge on any atom is 0.193 e. The van der Waals surface area contributed by atoms with Gasteiger partial charge in [-0.2, -0.15) is 0 Å². The maximum atomic E-state index is 11.1. The van der Waals surface area contributed by atoms with Crippen LogP contribution in [0.4, 0.5) is 0 Å². The molecule has 0 aliphatic heterocycles. The quantitative estimate of drug-likeness (QED) is 0.152. The average Bonchev–Trinajstić information content (AvgIpc) is 2.62. The molecule has 180 valence electrons. The zero-order valence-electron chi connectivity index (χ0n) is 22.4. The van der Waals surface area contributed by atoms with Gasteiger partial charge in [-0.25, -0.2) is 0 Å². The Balaban J connectivity index is 5.34. The predicted octanol–water partition coefficient (Wildman–Crippen LogP) is 7.28. The van der Waals surface area contributed by atoms with Crippen LogP contribution >= 0.6 is 0 Å². The van der Waals surface area contributed by atoms with Gasteiger partial charge in [0.1, 0.15) is 18.5 Å². The number of rotatable bonds is 9. The van der Waals surface area contributed by atoms with E-state index in [1.165, 1.54) is 0 Å². The summed E-state index contributed by atoms with van der Waals surface area (Å²) in [4.78, 5) is 11.1. The third-order valence-electron chi connectivity index (χ3n) is 6.29. The van der Waals surface area contributed by atoms with E-state index in [2.05, 4.69) is 110 Å². The molecule has 0 radical (unpaired) electrons. The fourth-order valence-corrected chi connectivity index (χ4v) is 4.62. The van der Waals surface area contributed by atoms with Gasteiger partial charge in [-0.1, -0.05) is 84.3 Å². The fraction of sp³-hybridized carbons (Fsp3) is 0.667. The second kappa shape index (κ2) is 13.4. The van der Waals surface area contributed by atoms with Crippen molar-refractivity contribution in [2.45, 2.75) is 116 Å². The van der Waals surface area contributed by atoms with Crippen molar-refractivity contribution in [3.05, 3.63) is 24.3 Å². The van der Waals surface area contributed by atoms with Gasteiger partial charge in [0.15, 0.2) is 16.6 Å². The highest BCUT2D eigenvalue weighted by atomic mass is 28.4. The van der Waals surface area contributed by atoms with Crippen molar-refractivity contribution in [2.75, 3.05) is 0 Å². The molecule has 0 saturated carbocycles. The Morgan fingerprint density at radius 2 is 1.16 bits per heavy atom. The minimum absolute atomic E-state index is 0.0719. The lowest BCUT2D eigenvalue weighted by atomic mass is 10.2. The van der Waals surface area contributed by atoms with E-state index in [1.54, 1.807) is 12.2 Å². The van der Waals surface area contributed by atoms with Gasteiger partial charge in [0, 0.05) is 12.8 Å². The van der Waals surface area contributed by atoms with Crippen molar-refractivity contribution < 1.29 is 13.6 Å². The van der Waals surface area contributed by atoms with E-state index in [0.717, 1.165) is 19.1 Å². The summed E-state index contributed by atoms with van der Waals surface area (Å²) in [5, 5.41) is 0.211. The van der Waals surface area contributed by atoms with Gasteiger partial charge < -0.3 is 13.6 Å². The SMILES string of the molecule is CC/C=C\C[C@@H](C#C/C=C\C#C[C@H](CC=O)O[Si](C)(C)C(C)(C)C)O[Si](C)(C)C(C)(C)C. The minimum Gasteiger partial charge on any atom is -0.403 e. The molecular weight excluding hydrogens is 428 g/mol. The van der Waals surface area contributed by atoms with Crippen molar-refractivity contribution in [3.63, 3.8) is 0 Å². The molecule has 0 fully saturated rings. The second-order valence-corrected chi connectivity index (χ2v) is 20.7. The van der Waals surface area contributed by atoms with Gasteiger partial charge in [-0.15, -0.1) is 0 Å². The van der Waals surface area contributed by atoms with Crippen LogP contribution in [0.3, 0.4) is 0 Å². The second-order valence-electron chi connectivity index (χ2n) is 11.2. The summed E-state index contributed by atoms with van der Waals surface area (Å²) < 4.78 is 12.8. The molecule has 3 nitrogen and oxygen atoms in total. The first kappa shape index (κ1) is 30.6. The van der Waals surface area contributed by atoms with Crippen molar-refractivity contribution in [1.29, 1.82) is 0 Å². The Bertz CT molecular complexity index is 757. The summed E-state index contributed by atoms with van der Waals surface area (Å²) in [5.41, 5.74) is 0. The number of carbonyl (C=O) groups is 1. The lowest BCUT2D eigenvalue weighted by molar-refractivity contribution is -0.108. The predicted molar refractivity (Wildman–Crippen MR) is 144 cm³/mol. The van der Waals surface area contributed by atoms with Crippen LogP contribution in [0.25, 0.3) is 0 Å². The molecule has 0 aromatic rings. The van der Waals surface area contributed by atoms with Crippen LogP contribution in [-0.2, 0) is 13.6 Å². The van der Waals surface area contributed by atoms with E-state index in [1.807, 2.05) is 0 Å². The van der Waals surface area contributed by atoms with E-state index in [9.17, 15) is 4.79 Å². The van der Waals surface area contributed by atoms with Crippen molar-refractivity contribution in [2.24, 2.45) is 0 Å². The average molecular weight is 475 g/mol. The standard InChI is InChI=1S/C27H46O3Si2/c1-12-13-16-19-24(29-31(8,9)26(2,3)4)20-17-14-15-18-21-25(22-23-28)30-32(10,11)27(5,6)7/h13-16,23-25H,12,19,22H2,1-11H3/b15-14-,16-13-/t24-,25+/m0/s1. The molecule has 0 aromatic heterocycles. The molecule has 0 saturated heterocycles. The van der Waals surface area contributed by atoms with Crippen LogP contribution in [-0.4, -0.2) is 35.1 Å². The smallest absolute Gasteiger partial charge is 0.193 e. The molecule has 0 rings (SSSR count). The molecule has 0 amide bonds. The summed E-state index contributed by atoms with van der Waals surface area (Å²) >= 11 is 0. The summed E-state index contributed by atoms with van der Waals surface area (Å²) in [7, 11) is -3.88. The van der Waals surface area contributed by atoms with E-state index in [4.69, 9.17) is 8.85 Å². The highest BCUT2D eigenvalue weighted by Crippen LogP contribution is 2.38. The molecule has 5 heteroatoms. The number of hydrogen-bond acceptors (Lipinski definition) is 3. The largest absolute Gasteiger partial charge is 0.403 e. The molecular formula is C27H46O3Si2. The Kier molecular flexibility index (Phi) is 12.8. The van der Waals surface area contributed by atoms with Gasteiger partial charge in [0.2, 0.25) is 0 Å². The highest BCUT2D eigenvalue weighted by Gasteiger charge is 2.39. The molecule has 0 aliphatic carbocycles. The zero-order valence-corrected chi connectivity index (χ0v) is 24.4. The summed E-state index contributed by atoms with van der Waals surface area (Å²) in [5.74, 6) is 12.4. The molecule has 0 aromatic carbocycles. The van der Waals surface area contributed by atoms with Crippen LogP contribution < -0.4 is 0 Å². The highest BCUT2D eigenvalue weighted by molar-refractivity contribution is 6.74. The first-order valence-corrected chi connectivity index (χ1v) is 17.5. The van der Waals surface area contributed by atoms with Crippen molar-refractivity contribution in [1.82, 2.24) is 0 Å². The lowest BCUT2D eigenvalue weighted by Crippen LogP contribution is -2.43. The van der Waals surface area contributed by atoms with Crippen LogP contribution in [0.1, 0.15) is 67.7 Å². The summed E-state index contributed by atoms with van der Waals surface area (Å²) in [6.07, 6.45) is 10.2. The first-order valence-electron chi connectivity index (χ1n) is 11.7. The van der Waals surface area contributed by atoms with Crippen LogP contribution in [0.5, 0.6) is 0 Å². The van der Waals surface area contributed by atoms with Crippen LogP contribution in [0.2, 0.25) is 36.3 Å². The van der Waals surface area contributed by atoms with E-state index < -0.39 is 16.6 Å². The first-order chi connectivity index (χ1) is 14.6. The molecule has 0 N–H and O–H groups in total. The van der Waals surface area contributed by atoms with Gasteiger partial charge >= 0.3 is 0 Å². The Labute approximate surface area is 200 Å². The lowest BCUT2D eigenvalue weighted by Gasteiger charge is -2.37. The Hall–Kier alpha value is -1.38. The number of allylic oxidation sites excluding steroid dienone is 3. The number of carbonyl (C=O) groups excluding carboxylic acids is 1. The van der Waals surface area contributed by atoms with Gasteiger partial charge in [-0.05, 0) is 54.8 Å². The van der Waals surface area contributed by atoms with Gasteiger partial charge in [0.05, 0.1) is 0 Å². The Morgan fingerprint density at radius 3 is 1.50 bits per heavy atom. The molecule has 2 atom stereocenters. The topological polar surface area (TPSA) is 35.5 Å². The third kappa shape index (κ3) is 11.5. The van der Waals surface area contributed by atoms with Gasteiger partial charge in [-0.3, -0.25) is 0 Å². The van der Waals surface area contributed by atoms with Crippen molar-refractivity contribution in [3.8, 4) is 23.7 Å². The molecule has 0 bridgehead atoms. The zero-order chi connectivity index (χ0) is 25.1. The molecule has 0 heterocycles. The van der Waals surface area contributed by atoms with Crippen LogP contribution in [0.15, 0.2) is 24.3 Å². The fourth-order valence-electron chi connectivity index (χ4n) is 2.18. The molecule has 0 unspecified atom stereocenters. The third-order valence-corrected chi connectivity index (χ3v) is 15.3. The van der Waals surface area contributed by atoms with Crippen LogP contribution in [0, 0.1) is 23.7 Å². The maximum absolute atomic E-state index is 11.1. The van der Waals surface area contributed by atoms with E-state index >= 15 is 0 Å². The minimum atomic E-state index is -1.98. The summed E-state index contributed by atoms with van der Waals surface area (Å²) in [6, 6.07) is 0. The van der Waals surface area contributed by atoms with E-state index in [0.29, 0.717) is 0 Å². The normalized spacial score (nSPS) is 15.1. The summed E-state index contributed by atoms with van der Waals surface area (Å²) in [6.45, 7) is 24.2.